The van der Waals surface area contributed by atoms with Gasteiger partial charge < -0.3 is 15.8 Å². The van der Waals surface area contributed by atoms with Crippen LogP contribution >= 0.6 is 0 Å². The number of hydrogen-bond donors (Lipinski definition) is 2. The summed E-state index contributed by atoms with van der Waals surface area (Å²) in [5.74, 6) is 1.29. The number of aryl methyl sites for hydroxylation is 1. The van der Waals surface area contributed by atoms with Crippen molar-refractivity contribution in [3.63, 3.8) is 0 Å². The molecule has 3 N–H and O–H groups in total. The summed E-state index contributed by atoms with van der Waals surface area (Å²) in [7, 11) is 1.62. The number of nitrogens with zero attached hydrogens (tertiary/aromatic N) is 2. The van der Waals surface area contributed by atoms with Gasteiger partial charge in [-0.1, -0.05) is 12.1 Å². The highest BCUT2D eigenvalue weighted by Gasteiger charge is 2.16. The van der Waals surface area contributed by atoms with Gasteiger partial charge in [0.2, 0.25) is 5.91 Å². The van der Waals surface area contributed by atoms with Gasteiger partial charge >= 0.3 is 0 Å². The highest BCUT2D eigenvalue weighted by molar-refractivity contribution is 5.93. The number of rotatable bonds is 4. The van der Waals surface area contributed by atoms with E-state index in [-0.39, 0.29) is 5.91 Å². The van der Waals surface area contributed by atoms with E-state index in [1.54, 1.807) is 7.11 Å². The normalized spacial score (nSPS) is 12.0. The number of nitrogens with two attached hydrogens (primary N) is 1. The Morgan fingerprint density at radius 3 is 2.52 bits per heavy atom. The molecule has 1 aromatic heterocycles. The van der Waals surface area contributed by atoms with Crippen molar-refractivity contribution in [3.8, 4) is 5.75 Å². The zero-order valence-electron chi connectivity index (χ0n) is 14.4. The van der Waals surface area contributed by atoms with E-state index < -0.39 is 6.04 Å². The smallest absolute Gasteiger partial charge is 0.221 e. The summed E-state index contributed by atoms with van der Waals surface area (Å²) in [5, 5.41) is 3.60. The average molecular weight is 336 g/mol. The Kier molecular flexibility index (Phi) is 4.63. The lowest BCUT2D eigenvalue weighted by atomic mass is 10.0. The van der Waals surface area contributed by atoms with Crippen molar-refractivity contribution in [2.24, 2.45) is 5.73 Å². The first kappa shape index (κ1) is 16.9. The van der Waals surface area contributed by atoms with Crippen LogP contribution in [0.15, 0.2) is 42.5 Å². The van der Waals surface area contributed by atoms with Gasteiger partial charge in [-0.25, -0.2) is 9.97 Å². The van der Waals surface area contributed by atoms with E-state index in [2.05, 4.69) is 15.3 Å². The maximum absolute atomic E-state index is 11.3. The van der Waals surface area contributed by atoms with Crippen molar-refractivity contribution in [3.05, 3.63) is 59.5 Å². The van der Waals surface area contributed by atoms with Crippen molar-refractivity contribution < 1.29 is 9.53 Å². The maximum atomic E-state index is 11.3. The molecular weight excluding hydrogens is 316 g/mol. The molecule has 0 fully saturated rings. The SMILES string of the molecule is COc1ccc(C(N)c2nc(C)nc3ccc(NC(C)=O)cc23)cc1. The molecule has 3 aromatic rings. The van der Waals surface area contributed by atoms with Gasteiger partial charge in [-0.2, -0.15) is 0 Å². The number of carbonyl (C=O) groups is 1. The molecule has 0 spiro atoms. The number of carbonyl (C=O) groups excluding carboxylic acids is 1. The van der Waals surface area contributed by atoms with E-state index >= 15 is 0 Å². The van der Waals surface area contributed by atoms with Gasteiger partial charge in [-0.15, -0.1) is 0 Å². The van der Waals surface area contributed by atoms with Crippen LogP contribution in [0, 0.1) is 6.92 Å². The first-order valence-corrected chi connectivity index (χ1v) is 7.93. The van der Waals surface area contributed by atoms with Crippen molar-refractivity contribution >= 4 is 22.5 Å². The lowest BCUT2D eigenvalue weighted by Crippen LogP contribution is -2.15. The maximum Gasteiger partial charge on any atom is 0.221 e. The van der Waals surface area contributed by atoms with Gasteiger partial charge in [0, 0.05) is 18.0 Å². The van der Waals surface area contributed by atoms with Crippen LogP contribution in [0.25, 0.3) is 10.9 Å². The third-order valence-electron chi connectivity index (χ3n) is 3.93. The molecule has 6 heteroatoms. The minimum atomic E-state index is -0.414. The second-order valence-electron chi connectivity index (χ2n) is 5.82. The van der Waals surface area contributed by atoms with Gasteiger partial charge in [0.25, 0.3) is 0 Å². The van der Waals surface area contributed by atoms with Gasteiger partial charge in [0.15, 0.2) is 0 Å². The zero-order chi connectivity index (χ0) is 18.0. The van der Waals surface area contributed by atoms with Crippen LogP contribution in [0.2, 0.25) is 0 Å². The van der Waals surface area contributed by atoms with Crippen molar-refractivity contribution in [1.82, 2.24) is 9.97 Å². The van der Waals surface area contributed by atoms with Crippen LogP contribution in [0.3, 0.4) is 0 Å². The Bertz CT molecular complexity index is 923. The predicted molar refractivity (Wildman–Crippen MR) is 97.6 cm³/mol. The Morgan fingerprint density at radius 1 is 1.16 bits per heavy atom. The summed E-state index contributed by atoms with van der Waals surface area (Å²) in [6, 6.07) is 12.7. The van der Waals surface area contributed by atoms with E-state index in [1.807, 2.05) is 49.4 Å². The summed E-state index contributed by atoms with van der Waals surface area (Å²) in [5.41, 5.74) is 9.60. The first-order valence-electron chi connectivity index (χ1n) is 7.93. The number of amides is 1. The molecule has 0 aliphatic rings. The molecule has 0 aliphatic heterocycles. The molecule has 0 aliphatic carbocycles. The third kappa shape index (κ3) is 3.59. The molecule has 1 amide bonds. The summed E-state index contributed by atoms with van der Waals surface area (Å²) in [4.78, 5) is 20.3. The summed E-state index contributed by atoms with van der Waals surface area (Å²) < 4.78 is 5.19. The molecule has 0 bridgehead atoms. The number of fused-ring (bicyclic) bond motifs is 1. The van der Waals surface area contributed by atoms with E-state index in [9.17, 15) is 4.79 Å². The summed E-state index contributed by atoms with van der Waals surface area (Å²) in [6.45, 7) is 3.31. The number of benzene rings is 2. The van der Waals surface area contributed by atoms with E-state index in [0.29, 0.717) is 11.5 Å². The quantitative estimate of drug-likeness (QED) is 0.764. The van der Waals surface area contributed by atoms with Crippen molar-refractivity contribution in [2.75, 3.05) is 12.4 Å². The van der Waals surface area contributed by atoms with Gasteiger partial charge in [-0.3, -0.25) is 4.79 Å². The topological polar surface area (TPSA) is 90.1 Å². The van der Waals surface area contributed by atoms with E-state index in [4.69, 9.17) is 10.5 Å². The molecule has 0 saturated heterocycles. The number of nitrogens with one attached hydrogen (secondary N) is 1. The Hall–Kier alpha value is -2.99. The number of anilines is 1. The number of hydrogen-bond acceptors (Lipinski definition) is 5. The zero-order valence-corrected chi connectivity index (χ0v) is 14.4. The van der Waals surface area contributed by atoms with Crippen LogP contribution in [-0.2, 0) is 4.79 Å². The summed E-state index contributed by atoms with van der Waals surface area (Å²) >= 11 is 0. The molecule has 0 radical (unpaired) electrons. The lowest BCUT2D eigenvalue weighted by molar-refractivity contribution is -0.114. The minimum absolute atomic E-state index is 0.131. The Morgan fingerprint density at radius 2 is 1.88 bits per heavy atom. The van der Waals surface area contributed by atoms with Crippen LogP contribution < -0.4 is 15.8 Å². The fraction of sp³-hybridized carbons (Fsp3) is 0.211. The Balaban J connectivity index is 2.10. The van der Waals surface area contributed by atoms with E-state index in [0.717, 1.165) is 27.9 Å². The molecule has 2 aromatic carbocycles. The molecule has 1 unspecified atom stereocenters. The van der Waals surface area contributed by atoms with Crippen LogP contribution in [-0.4, -0.2) is 23.0 Å². The van der Waals surface area contributed by atoms with Gasteiger partial charge in [0.05, 0.1) is 24.4 Å². The highest BCUT2D eigenvalue weighted by Crippen LogP contribution is 2.28. The third-order valence-corrected chi connectivity index (χ3v) is 3.93. The minimum Gasteiger partial charge on any atom is -0.497 e. The first-order chi connectivity index (χ1) is 12.0. The lowest BCUT2D eigenvalue weighted by Gasteiger charge is -2.16. The largest absolute Gasteiger partial charge is 0.497 e. The second-order valence-corrected chi connectivity index (χ2v) is 5.82. The molecule has 25 heavy (non-hydrogen) atoms. The van der Waals surface area contributed by atoms with Gasteiger partial charge in [0.1, 0.15) is 11.6 Å². The number of ether oxygens (including phenoxy) is 1. The van der Waals surface area contributed by atoms with E-state index in [1.165, 1.54) is 6.92 Å². The van der Waals surface area contributed by atoms with Crippen molar-refractivity contribution in [2.45, 2.75) is 19.9 Å². The van der Waals surface area contributed by atoms with Crippen LogP contribution in [0.5, 0.6) is 5.75 Å². The molecule has 6 nitrogen and oxygen atoms in total. The number of methoxy groups -OCH3 is 1. The standard InChI is InChI=1S/C19H20N4O2/c1-11-21-17-9-6-14(23-12(2)24)10-16(17)19(22-11)18(20)13-4-7-15(25-3)8-5-13/h4-10,18H,20H2,1-3H3,(H,23,24). The highest BCUT2D eigenvalue weighted by atomic mass is 16.5. The average Bonchev–Trinajstić information content (AvgIpc) is 2.60. The van der Waals surface area contributed by atoms with Crippen molar-refractivity contribution in [1.29, 1.82) is 0 Å². The summed E-state index contributed by atoms with van der Waals surface area (Å²) in [6.07, 6.45) is 0. The molecule has 1 atom stereocenters. The fourth-order valence-electron chi connectivity index (χ4n) is 2.76. The number of aromatic nitrogens is 2. The predicted octanol–water partition coefficient (Wildman–Crippen LogP) is 2.95. The monoisotopic (exact) mass is 336 g/mol. The van der Waals surface area contributed by atoms with Crippen LogP contribution in [0.1, 0.15) is 30.0 Å². The molecule has 1 heterocycles. The second kappa shape index (κ2) is 6.86. The molecule has 3 rings (SSSR count). The molecule has 128 valence electrons. The molecular formula is C19H20N4O2. The van der Waals surface area contributed by atoms with Gasteiger partial charge in [-0.05, 0) is 42.8 Å². The Labute approximate surface area is 146 Å². The molecule has 0 saturated carbocycles. The fourth-order valence-corrected chi connectivity index (χ4v) is 2.76. The van der Waals surface area contributed by atoms with Crippen LogP contribution in [0.4, 0.5) is 5.69 Å².